The van der Waals surface area contributed by atoms with Gasteiger partial charge in [0, 0.05) is 39.1 Å². The van der Waals surface area contributed by atoms with Crippen molar-refractivity contribution in [1.29, 1.82) is 0 Å². The van der Waals surface area contributed by atoms with Gasteiger partial charge in [-0.15, -0.1) is 0 Å². The van der Waals surface area contributed by atoms with Crippen LogP contribution in [0.25, 0.3) is 66.3 Å². The fourth-order valence-corrected chi connectivity index (χ4v) is 6.88. The SMILES string of the molecule is c1ccc(-c2ccc(N(c3ccc(-c4ccccc4)cc3)c3ccc4c5c([nH]c4c3)-c3cccc4cccc-5c34)cc2)cc1. The van der Waals surface area contributed by atoms with E-state index in [-0.39, 0.29) is 0 Å². The van der Waals surface area contributed by atoms with Crippen LogP contribution in [0.5, 0.6) is 0 Å². The summed E-state index contributed by atoms with van der Waals surface area (Å²) in [6.07, 6.45) is 0. The first-order chi connectivity index (χ1) is 21.8. The van der Waals surface area contributed by atoms with E-state index < -0.39 is 0 Å². The van der Waals surface area contributed by atoms with E-state index in [2.05, 4.69) is 174 Å². The Balaban J connectivity index is 1.17. The number of nitrogens with zero attached hydrogens (tertiary/aromatic N) is 1. The average molecular weight is 561 g/mol. The molecule has 0 radical (unpaired) electrons. The van der Waals surface area contributed by atoms with Gasteiger partial charge in [-0.1, -0.05) is 127 Å². The van der Waals surface area contributed by atoms with E-state index in [0.717, 1.165) is 22.6 Å². The van der Waals surface area contributed by atoms with Crippen molar-refractivity contribution < 1.29 is 0 Å². The predicted molar refractivity (Wildman–Crippen MR) is 186 cm³/mol. The number of aromatic amines is 1. The normalized spacial score (nSPS) is 11.6. The zero-order valence-electron chi connectivity index (χ0n) is 24.0. The molecule has 2 heteroatoms. The molecule has 44 heavy (non-hydrogen) atoms. The number of nitrogens with one attached hydrogen (secondary N) is 1. The minimum absolute atomic E-state index is 1.11. The van der Waals surface area contributed by atoms with Crippen molar-refractivity contribution in [3.63, 3.8) is 0 Å². The Bertz CT molecular complexity index is 2210. The Morgan fingerprint density at radius 1 is 0.409 bits per heavy atom. The lowest BCUT2D eigenvalue weighted by Crippen LogP contribution is -2.09. The first-order valence-electron chi connectivity index (χ1n) is 15.1. The molecule has 206 valence electrons. The van der Waals surface area contributed by atoms with E-state index >= 15 is 0 Å². The molecule has 1 aliphatic rings. The van der Waals surface area contributed by atoms with Crippen molar-refractivity contribution in [3.05, 3.63) is 164 Å². The third-order valence-electron chi connectivity index (χ3n) is 8.95. The number of benzene rings is 7. The van der Waals surface area contributed by atoms with Gasteiger partial charge in [0.2, 0.25) is 0 Å². The molecule has 0 aliphatic heterocycles. The van der Waals surface area contributed by atoms with E-state index in [9.17, 15) is 0 Å². The fraction of sp³-hybridized carbons (Fsp3) is 0. The van der Waals surface area contributed by atoms with E-state index in [0.29, 0.717) is 0 Å². The summed E-state index contributed by atoms with van der Waals surface area (Å²) in [5, 5.41) is 3.89. The molecule has 8 aromatic rings. The van der Waals surface area contributed by atoms with Gasteiger partial charge in [0.25, 0.3) is 0 Å². The number of hydrogen-bond acceptors (Lipinski definition) is 1. The molecule has 0 unspecified atom stereocenters. The maximum absolute atomic E-state index is 3.82. The molecule has 1 heterocycles. The number of H-pyrrole nitrogens is 1. The zero-order chi connectivity index (χ0) is 29.0. The van der Waals surface area contributed by atoms with Gasteiger partial charge < -0.3 is 9.88 Å². The van der Waals surface area contributed by atoms with E-state index in [1.54, 1.807) is 0 Å². The van der Waals surface area contributed by atoms with Crippen molar-refractivity contribution in [3.8, 4) is 44.6 Å². The largest absolute Gasteiger partial charge is 0.354 e. The molecule has 0 fully saturated rings. The van der Waals surface area contributed by atoms with Crippen molar-refractivity contribution in [2.45, 2.75) is 0 Å². The molecule has 0 saturated carbocycles. The van der Waals surface area contributed by atoms with Crippen molar-refractivity contribution >= 4 is 38.7 Å². The molecular weight excluding hydrogens is 532 g/mol. The standard InChI is InChI=1S/C42H28N2/c1-3-9-28(10-4-1)30-17-21-33(22-18-30)44(34-23-19-31(20-24-34)29-11-5-2-6-12-29)35-25-26-36-39(27-35)43-42-38-16-8-14-32-13-7-15-37(40(32)38)41(36)42/h1-27,43H. The average Bonchev–Trinajstić information content (AvgIpc) is 3.62. The molecule has 2 nitrogen and oxygen atoms in total. The van der Waals surface area contributed by atoms with Crippen molar-refractivity contribution in [1.82, 2.24) is 4.98 Å². The lowest BCUT2D eigenvalue weighted by atomic mass is 10.0. The molecular formula is C42H28N2. The van der Waals surface area contributed by atoms with Crippen molar-refractivity contribution in [2.24, 2.45) is 0 Å². The molecule has 1 N–H and O–H groups in total. The zero-order valence-corrected chi connectivity index (χ0v) is 24.0. The summed E-state index contributed by atoms with van der Waals surface area (Å²) in [4.78, 5) is 6.17. The summed E-state index contributed by atoms with van der Waals surface area (Å²) in [7, 11) is 0. The Morgan fingerprint density at radius 3 is 1.52 bits per heavy atom. The highest BCUT2D eigenvalue weighted by Gasteiger charge is 2.26. The number of hydrogen-bond donors (Lipinski definition) is 1. The first-order valence-corrected chi connectivity index (χ1v) is 15.1. The molecule has 0 atom stereocenters. The smallest absolute Gasteiger partial charge is 0.0551 e. The molecule has 0 amide bonds. The molecule has 0 saturated heterocycles. The van der Waals surface area contributed by atoms with Crippen LogP contribution in [0.2, 0.25) is 0 Å². The van der Waals surface area contributed by atoms with Crippen LogP contribution in [0.15, 0.2) is 164 Å². The maximum Gasteiger partial charge on any atom is 0.0551 e. The minimum atomic E-state index is 1.11. The highest BCUT2D eigenvalue weighted by Crippen LogP contribution is 2.50. The van der Waals surface area contributed by atoms with Crippen LogP contribution in [-0.4, -0.2) is 4.98 Å². The van der Waals surface area contributed by atoms with E-state index in [1.807, 2.05) is 0 Å². The predicted octanol–water partition coefficient (Wildman–Crippen LogP) is 11.8. The van der Waals surface area contributed by atoms with E-state index in [1.165, 1.54) is 60.8 Å². The second kappa shape index (κ2) is 9.86. The van der Waals surface area contributed by atoms with Crippen LogP contribution < -0.4 is 4.90 Å². The van der Waals surface area contributed by atoms with Crippen LogP contribution in [0.1, 0.15) is 0 Å². The lowest BCUT2D eigenvalue weighted by molar-refractivity contribution is 1.29. The molecule has 0 spiro atoms. The Morgan fingerprint density at radius 2 is 0.932 bits per heavy atom. The summed E-state index contributed by atoms with van der Waals surface area (Å²) in [5.41, 5.74) is 14.5. The Labute approximate surface area is 256 Å². The molecule has 1 aromatic heterocycles. The van der Waals surface area contributed by atoms with Gasteiger partial charge in [-0.3, -0.25) is 0 Å². The number of rotatable bonds is 5. The lowest BCUT2D eigenvalue weighted by Gasteiger charge is -2.26. The van der Waals surface area contributed by atoms with E-state index in [4.69, 9.17) is 0 Å². The molecule has 9 rings (SSSR count). The van der Waals surface area contributed by atoms with Crippen LogP contribution in [0.4, 0.5) is 17.1 Å². The maximum atomic E-state index is 3.82. The van der Waals surface area contributed by atoms with Crippen LogP contribution in [-0.2, 0) is 0 Å². The monoisotopic (exact) mass is 560 g/mol. The summed E-state index contributed by atoms with van der Waals surface area (Å²) >= 11 is 0. The number of aromatic nitrogens is 1. The van der Waals surface area contributed by atoms with Gasteiger partial charge in [0.05, 0.1) is 5.69 Å². The summed E-state index contributed by atoms with van der Waals surface area (Å²) in [5.74, 6) is 0. The summed E-state index contributed by atoms with van der Waals surface area (Å²) in [6.45, 7) is 0. The minimum Gasteiger partial charge on any atom is -0.354 e. The van der Waals surface area contributed by atoms with Crippen LogP contribution in [0.3, 0.4) is 0 Å². The Hall–Kier alpha value is -5.86. The van der Waals surface area contributed by atoms with Gasteiger partial charge >= 0.3 is 0 Å². The summed E-state index contributed by atoms with van der Waals surface area (Å²) < 4.78 is 0. The quantitative estimate of drug-likeness (QED) is 0.222. The van der Waals surface area contributed by atoms with Gasteiger partial charge in [-0.25, -0.2) is 0 Å². The van der Waals surface area contributed by atoms with Gasteiger partial charge in [0.15, 0.2) is 0 Å². The van der Waals surface area contributed by atoms with Gasteiger partial charge in [-0.2, -0.15) is 0 Å². The third kappa shape index (κ3) is 3.89. The van der Waals surface area contributed by atoms with Gasteiger partial charge in [0.1, 0.15) is 0 Å². The third-order valence-corrected chi connectivity index (χ3v) is 8.95. The molecule has 7 aromatic carbocycles. The van der Waals surface area contributed by atoms with Crippen LogP contribution in [0, 0.1) is 0 Å². The number of fused-ring (bicyclic) bond motifs is 5. The highest BCUT2D eigenvalue weighted by molar-refractivity contribution is 6.21. The first kappa shape index (κ1) is 24.7. The molecule has 1 aliphatic carbocycles. The fourth-order valence-electron chi connectivity index (χ4n) is 6.88. The van der Waals surface area contributed by atoms with Crippen molar-refractivity contribution in [2.75, 3.05) is 4.90 Å². The topological polar surface area (TPSA) is 19.0 Å². The second-order valence-corrected chi connectivity index (χ2v) is 11.5. The van der Waals surface area contributed by atoms with Gasteiger partial charge in [-0.05, 0) is 75.0 Å². The second-order valence-electron chi connectivity index (χ2n) is 11.5. The highest BCUT2D eigenvalue weighted by atomic mass is 15.1. The molecule has 0 bridgehead atoms. The summed E-state index contributed by atoms with van der Waals surface area (Å²) in [6, 6.07) is 59.0. The van der Waals surface area contributed by atoms with Crippen LogP contribution >= 0.6 is 0 Å². The number of anilines is 3. The Kier molecular flexibility index (Phi) is 5.54.